The van der Waals surface area contributed by atoms with Gasteiger partial charge in [-0.15, -0.1) is 0 Å². The normalized spacial score (nSPS) is 15.3. The quantitative estimate of drug-likeness (QED) is 0.715. The molecule has 2 nitrogen and oxygen atoms in total. The van der Waals surface area contributed by atoms with Crippen molar-refractivity contribution < 1.29 is 5.11 Å². The number of hydrogen-bond acceptors (Lipinski definition) is 2. The van der Waals surface area contributed by atoms with Crippen LogP contribution in [0.4, 0.5) is 5.69 Å². The Morgan fingerprint density at radius 2 is 1.75 bits per heavy atom. The molecule has 0 aliphatic carbocycles. The first-order chi connectivity index (χ1) is 8.91. The van der Waals surface area contributed by atoms with Crippen molar-refractivity contribution in [3.63, 3.8) is 0 Å². The van der Waals surface area contributed by atoms with Gasteiger partial charge in [0.25, 0.3) is 0 Å². The third kappa shape index (κ3) is 5.10. The van der Waals surface area contributed by atoms with Crippen LogP contribution in [0.3, 0.4) is 0 Å². The summed E-state index contributed by atoms with van der Waals surface area (Å²) < 4.78 is 1.08. The molecule has 1 rings (SSSR count). The van der Waals surface area contributed by atoms with Gasteiger partial charge in [-0.05, 0) is 54.9 Å². The standard InChI is InChI=1S/C17H28BrNO/c1-11(2)14-9-13(18)8-12(3)15(14)19-17(7,20)10-16(4,5)6/h8-9,11,19-20H,10H2,1-7H3. The Labute approximate surface area is 132 Å². The zero-order chi connectivity index (χ0) is 15.7. The molecule has 0 aliphatic rings. The van der Waals surface area contributed by atoms with Crippen molar-refractivity contribution in [3.8, 4) is 0 Å². The molecule has 1 unspecified atom stereocenters. The second kappa shape index (κ2) is 6.07. The van der Waals surface area contributed by atoms with E-state index in [2.05, 4.69) is 74.9 Å². The van der Waals surface area contributed by atoms with Gasteiger partial charge in [-0.25, -0.2) is 0 Å². The van der Waals surface area contributed by atoms with E-state index in [0.717, 1.165) is 15.7 Å². The fraction of sp³-hybridized carbons (Fsp3) is 0.647. The van der Waals surface area contributed by atoms with Crippen molar-refractivity contribution in [2.45, 2.75) is 66.5 Å². The van der Waals surface area contributed by atoms with Gasteiger partial charge >= 0.3 is 0 Å². The Hall–Kier alpha value is -0.540. The zero-order valence-electron chi connectivity index (χ0n) is 13.8. The molecule has 2 N–H and O–H groups in total. The summed E-state index contributed by atoms with van der Waals surface area (Å²) >= 11 is 3.55. The first-order valence-corrected chi connectivity index (χ1v) is 8.01. The highest BCUT2D eigenvalue weighted by molar-refractivity contribution is 9.10. The summed E-state index contributed by atoms with van der Waals surface area (Å²) in [5.41, 5.74) is 2.58. The average Bonchev–Trinajstić information content (AvgIpc) is 2.17. The topological polar surface area (TPSA) is 32.3 Å². The lowest BCUT2D eigenvalue weighted by atomic mass is 9.86. The van der Waals surface area contributed by atoms with Crippen LogP contribution in [-0.2, 0) is 0 Å². The van der Waals surface area contributed by atoms with Gasteiger partial charge in [-0.2, -0.15) is 0 Å². The Kier molecular flexibility index (Phi) is 5.31. The number of rotatable bonds is 4. The Morgan fingerprint density at radius 3 is 2.20 bits per heavy atom. The number of nitrogens with one attached hydrogen (secondary N) is 1. The molecule has 1 aromatic carbocycles. The summed E-state index contributed by atoms with van der Waals surface area (Å²) in [6, 6.07) is 4.22. The van der Waals surface area contributed by atoms with E-state index < -0.39 is 5.72 Å². The van der Waals surface area contributed by atoms with E-state index in [1.807, 2.05) is 6.92 Å². The van der Waals surface area contributed by atoms with Crippen molar-refractivity contribution in [1.29, 1.82) is 0 Å². The maximum atomic E-state index is 10.7. The van der Waals surface area contributed by atoms with Crippen LogP contribution in [0.1, 0.15) is 65.0 Å². The summed E-state index contributed by atoms with van der Waals surface area (Å²) in [4.78, 5) is 0. The smallest absolute Gasteiger partial charge is 0.133 e. The number of halogens is 1. The number of aryl methyl sites for hydroxylation is 1. The van der Waals surface area contributed by atoms with Gasteiger partial charge in [-0.3, -0.25) is 0 Å². The molecule has 0 aliphatic heterocycles. The van der Waals surface area contributed by atoms with E-state index >= 15 is 0 Å². The van der Waals surface area contributed by atoms with E-state index in [0.29, 0.717) is 12.3 Å². The number of benzene rings is 1. The van der Waals surface area contributed by atoms with E-state index in [1.54, 1.807) is 0 Å². The van der Waals surface area contributed by atoms with Gasteiger partial charge in [0.2, 0.25) is 0 Å². The van der Waals surface area contributed by atoms with Crippen LogP contribution >= 0.6 is 15.9 Å². The van der Waals surface area contributed by atoms with Crippen LogP contribution in [0.5, 0.6) is 0 Å². The van der Waals surface area contributed by atoms with Crippen LogP contribution in [0, 0.1) is 12.3 Å². The van der Waals surface area contributed by atoms with Crippen molar-refractivity contribution in [2.24, 2.45) is 5.41 Å². The molecule has 0 spiro atoms. The molecule has 1 atom stereocenters. The molecule has 0 saturated carbocycles. The first-order valence-electron chi connectivity index (χ1n) is 7.22. The minimum absolute atomic E-state index is 0.0672. The van der Waals surface area contributed by atoms with Crippen molar-refractivity contribution in [1.82, 2.24) is 0 Å². The second-order valence-corrected chi connectivity index (χ2v) is 8.39. The predicted octanol–water partition coefficient (Wildman–Crippen LogP) is 5.44. The molecule has 3 heteroatoms. The molecule has 0 aromatic heterocycles. The van der Waals surface area contributed by atoms with Crippen LogP contribution in [0.15, 0.2) is 16.6 Å². The van der Waals surface area contributed by atoms with Crippen LogP contribution in [0.25, 0.3) is 0 Å². The number of aliphatic hydroxyl groups is 1. The molecule has 0 heterocycles. The molecule has 0 saturated heterocycles. The summed E-state index contributed by atoms with van der Waals surface area (Å²) in [5, 5.41) is 14.0. The van der Waals surface area contributed by atoms with Gasteiger partial charge in [0.1, 0.15) is 5.72 Å². The largest absolute Gasteiger partial charge is 0.371 e. The van der Waals surface area contributed by atoms with Gasteiger partial charge in [0, 0.05) is 10.2 Å². The molecular weight excluding hydrogens is 314 g/mol. The van der Waals surface area contributed by atoms with E-state index in [-0.39, 0.29) is 5.41 Å². The molecule has 0 amide bonds. The highest BCUT2D eigenvalue weighted by atomic mass is 79.9. The SMILES string of the molecule is Cc1cc(Br)cc(C(C)C)c1NC(C)(O)CC(C)(C)C. The predicted molar refractivity (Wildman–Crippen MR) is 91.3 cm³/mol. The van der Waals surface area contributed by atoms with E-state index in [9.17, 15) is 5.11 Å². The molecule has 20 heavy (non-hydrogen) atoms. The lowest BCUT2D eigenvalue weighted by molar-refractivity contribution is 0.0457. The van der Waals surface area contributed by atoms with Crippen molar-refractivity contribution in [3.05, 3.63) is 27.7 Å². The van der Waals surface area contributed by atoms with Crippen LogP contribution < -0.4 is 5.32 Å². The monoisotopic (exact) mass is 341 g/mol. The number of anilines is 1. The first kappa shape index (κ1) is 17.5. The fourth-order valence-corrected chi connectivity index (χ4v) is 3.33. The fourth-order valence-electron chi connectivity index (χ4n) is 2.74. The highest BCUT2D eigenvalue weighted by Gasteiger charge is 2.28. The third-order valence-corrected chi connectivity index (χ3v) is 3.68. The van der Waals surface area contributed by atoms with Gasteiger partial charge < -0.3 is 10.4 Å². The van der Waals surface area contributed by atoms with Gasteiger partial charge in [0.05, 0.1) is 0 Å². The van der Waals surface area contributed by atoms with Crippen LogP contribution in [0.2, 0.25) is 0 Å². The summed E-state index contributed by atoms with van der Waals surface area (Å²) in [5.74, 6) is 0.402. The van der Waals surface area contributed by atoms with Crippen LogP contribution in [-0.4, -0.2) is 10.8 Å². The minimum atomic E-state index is -0.916. The maximum Gasteiger partial charge on any atom is 0.133 e. The summed E-state index contributed by atoms with van der Waals surface area (Å²) in [6.07, 6.45) is 0.688. The van der Waals surface area contributed by atoms with Gasteiger partial charge in [0.15, 0.2) is 0 Å². The minimum Gasteiger partial charge on any atom is -0.371 e. The molecule has 0 radical (unpaired) electrons. The molecule has 0 fully saturated rings. The number of hydrogen-bond donors (Lipinski definition) is 2. The summed E-state index contributed by atoms with van der Waals surface area (Å²) in [7, 11) is 0. The summed E-state index contributed by atoms with van der Waals surface area (Å²) in [6.45, 7) is 14.7. The lowest BCUT2D eigenvalue weighted by Gasteiger charge is -2.34. The third-order valence-electron chi connectivity index (χ3n) is 3.22. The Balaban J connectivity index is 3.14. The Bertz CT molecular complexity index is 473. The second-order valence-electron chi connectivity index (χ2n) is 7.48. The van der Waals surface area contributed by atoms with E-state index in [4.69, 9.17) is 0 Å². The highest BCUT2D eigenvalue weighted by Crippen LogP contribution is 2.35. The maximum absolute atomic E-state index is 10.7. The lowest BCUT2D eigenvalue weighted by Crippen LogP contribution is -2.39. The van der Waals surface area contributed by atoms with Crippen molar-refractivity contribution >= 4 is 21.6 Å². The molecule has 114 valence electrons. The Morgan fingerprint density at radius 1 is 1.20 bits per heavy atom. The molecule has 1 aromatic rings. The average molecular weight is 342 g/mol. The van der Waals surface area contributed by atoms with E-state index in [1.165, 1.54) is 5.56 Å². The molecular formula is C17H28BrNO. The van der Waals surface area contributed by atoms with Crippen molar-refractivity contribution in [2.75, 3.05) is 5.32 Å². The van der Waals surface area contributed by atoms with Gasteiger partial charge in [-0.1, -0.05) is 50.5 Å². The molecule has 0 bridgehead atoms. The zero-order valence-corrected chi connectivity index (χ0v) is 15.4.